The van der Waals surface area contributed by atoms with E-state index in [-0.39, 0.29) is 0 Å². The van der Waals surface area contributed by atoms with Crippen molar-refractivity contribution in [2.24, 2.45) is 10.9 Å². The predicted molar refractivity (Wildman–Crippen MR) is 108 cm³/mol. The summed E-state index contributed by atoms with van der Waals surface area (Å²) < 4.78 is 5.47. The van der Waals surface area contributed by atoms with Crippen LogP contribution >= 0.6 is 0 Å². The van der Waals surface area contributed by atoms with Gasteiger partial charge < -0.3 is 19.9 Å². The quantitative estimate of drug-likeness (QED) is 0.424. The summed E-state index contributed by atoms with van der Waals surface area (Å²) in [5, 5.41) is 3.50. The zero-order valence-corrected chi connectivity index (χ0v) is 16.7. The SMILES string of the molecule is CN=C(NCCCN1CCN(c2ncccn2)CC1)N(C)CC1CCOC1. The Morgan fingerprint density at radius 3 is 2.74 bits per heavy atom. The molecule has 2 aliphatic heterocycles. The number of ether oxygens (including phenoxy) is 1. The van der Waals surface area contributed by atoms with Gasteiger partial charge in [-0.15, -0.1) is 0 Å². The molecule has 0 bridgehead atoms. The van der Waals surface area contributed by atoms with Crippen LogP contribution in [0.1, 0.15) is 12.8 Å². The number of nitrogens with zero attached hydrogens (tertiary/aromatic N) is 6. The van der Waals surface area contributed by atoms with Crippen LogP contribution in [-0.4, -0.2) is 98.8 Å². The van der Waals surface area contributed by atoms with E-state index in [4.69, 9.17) is 4.74 Å². The maximum atomic E-state index is 5.47. The van der Waals surface area contributed by atoms with Crippen molar-refractivity contribution in [3.05, 3.63) is 18.5 Å². The van der Waals surface area contributed by atoms with Gasteiger partial charge in [0.2, 0.25) is 5.95 Å². The van der Waals surface area contributed by atoms with Crippen molar-refractivity contribution in [1.82, 2.24) is 25.1 Å². The molecule has 0 amide bonds. The molecular formula is C19H33N7O. The lowest BCUT2D eigenvalue weighted by Crippen LogP contribution is -2.48. The molecule has 8 nitrogen and oxygen atoms in total. The highest BCUT2D eigenvalue weighted by atomic mass is 16.5. The normalized spacial score (nSPS) is 21.5. The molecule has 1 unspecified atom stereocenters. The smallest absolute Gasteiger partial charge is 0.225 e. The average molecular weight is 376 g/mol. The van der Waals surface area contributed by atoms with E-state index in [1.54, 1.807) is 0 Å². The van der Waals surface area contributed by atoms with Crippen LogP contribution in [0, 0.1) is 5.92 Å². The number of aliphatic imine (C=N–C) groups is 1. The van der Waals surface area contributed by atoms with Crippen LogP contribution in [0.25, 0.3) is 0 Å². The van der Waals surface area contributed by atoms with Crippen LogP contribution in [0.2, 0.25) is 0 Å². The first kappa shape index (κ1) is 19.8. The lowest BCUT2D eigenvalue weighted by atomic mass is 10.1. The van der Waals surface area contributed by atoms with E-state index < -0.39 is 0 Å². The first-order chi connectivity index (χ1) is 13.3. The van der Waals surface area contributed by atoms with Gasteiger partial charge in [0.05, 0.1) is 6.61 Å². The van der Waals surface area contributed by atoms with Crippen molar-refractivity contribution >= 4 is 11.9 Å². The Labute approximate surface area is 162 Å². The van der Waals surface area contributed by atoms with Crippen molar-refractivity contribution in [2.75, 3.05) is 78.0 Å². The molecule has 27 heavy (non-hydrogen) atoms. The van der Waals surface area contributed by atoms with E-state index in [1.807, 2.05) is 25.5 Å². The van der Waals surface area contributed by atoms with Crippen LogP contribution in [0.3, 0.4) is 0 Å². The molecule has 2 aliphatic rings. The van der Waals surface area contributed by atoms with Gasteiger partial charge in [0.25, 0.3) is 0 Å². The summed E-state index contributed by atoms with van der Waals surface area (Å²) in [4.78, 5) is 20.1. The number of aromatic nitrogens is 2. The van der Waals surface area contributed by atoms with Gasteiger partial charge in [-0.2, -0.15) is 0 Å². The Hall–Kier alpha value is -1.93. The molecular weight excluding hydrogens is 342 g/mol. The van der Waals surface area contributed by atoms with E-state index in [9.17, 15) is 0 Å². The predicted octanol–water partition coefficient (Wildman–Crippen LogP) is 0.532. The van der Waals surface area contributed by atoms with Gasteiger partial charge in [-0.3, -0.25) is 9.89 Å². The molecule has 1 atom stereocenters. The first-order valence-corrected chi connectivity index (χ1v) is 10.00. The second kappa shape index (κ2) is 10.4. The molecule has 3 rings (SSSR count). The van der Waals surface area contributed by atoms with E-state index >= 15 is 0 Å². The van der Waals surface area contributed by atoms with Gasteiger partial charge in [-0.1, -0.05) is 0 Å². The molecule has 150 valence electrons. The summed E-state index contributed by atoms with van der Waals surface area (Å²) in [5.41, 5.74) is 0. The highest BCUT2D eigenvalue weighted by Gasteiger charge is 2.20. The highest BCUT2D eigenvalue weighted by Crippen LogP contribution is 2.13. The third kappa shape index (κ3) is 6.04. The van der Waals surface area contributed by atoms with Crippen LogP contribution in [0.15, 0.2) is 23.5 Å². The summed E-state index contributed by atoms with van der Waals surface area (Å²) >= 11 is 0. The lowest BCUT2D eigenvalue weighted by molar-refractivity contribution is 0.181. The van der Waals surface area contributed by atoms with Gasteiger partial charge in [0, 0.05) is 78.3 Å². The summed E-state index contributed by atoms with van der Waals surface area (Å²) in [6.45, 7) is 8.94. The highest BCUT2D eigenvalue weighted by molar-refractivity contribution is 5.79. The Balaban J connectivity index is 1.30. The number of hydrogen-bond acceptors (Lipinski definition) is 6. The Bertz CT molecular complexity index is 569. The molecule has 2 fully saturated rings. The zero-order valence-electron chi connectivity index (χ0n) is 16.7. The fourth-order valence-corrected chi connectivity index (χ4v) is 3.71. The third-order valence-corrected chi connectivity index (χ3v) is 5.27. The molecule has 0 aromatic carbocycles. The van der Waals surface area contributed by atoms with Gasteiger partial charge in [0.1, 0.15) is 0 Å². The summed E-state index contributed by atoms with van der Waals surface area (Å²) in [5.74, 6) is 2.45. The maximum absolute atomic E-state index is 5.47. The topological polar surface area (TPSA) is 69.1 Å². The van der Waals surface area contributed by atoms with Crippen LogP contribution in [-0.2, 0) is 4.74 Å². The van der Waals surface area contributed by atoms with Crippen molar-refractivity contribution in [1.29, 1.82) is 0 Å². The first-order valence-electron chi connectivity index (χ1n) is 10.00. The van der Waals surface area contributed by atoms with E-state index in [0.29, 0.717) is 5.92 Å². The minimum atomic E-state index is 0.624. The van der Waals surface area contributed by atoms with E-state index in [1.165, 1.54) is 0 Å². The molecule has 0 saturated carbocycles. The summed E-state index contributed by atoms with van der Waals surface area (Å²) in [6.07, 6.45) is 5.89. The largest absolute Gasteiger partial charge is 0.381 e. The summed E-state index contributed by atoms with van der Waals surface area (Å²) in [6, 6.07) is 1.86. The van der Waals surface area contributed by atoms with Gasteiger partial charge in [-0.25, -0.2) is 9.97 Å². The number of anilines is 1. The molecule has 2 saturated heterocycles. The van der Waals surface area contributed by atoms with Crippen molar-refractivity contribution in [3.63, 3.8) is 0 Å². The molecule has 8 heteroatoms. The van der Waals surface area contributed by atoms with Crippen LogP contribution in [0.5, 0.6) is 0 Å². The Kier molecular flexibility index (Phi) is 7.65. The molecule has 0 aliphatic carbocycles. The molecule has 1 N–H and O–H groups in total. The standard InChI is InChI=1S/C19H33N7O/c1-20-18(24(2)15-17-5-14-27-16-17)21-8-4-9-25-10-12-26(13-11-25)19-22-6-3-7-23-19/h3,6-7,17H,4-5,8-16H2,1-2H3,(H,20,21). The number of hydrogen-bond donors (Lipinski definition) is 1. The van der Waals surface area contributed by atoms with Crippen LogP contribution in [0.4, 0.5) is 5.95 Å². The second-order valence-electron chi connectivity index (χ2n) is 7.32. The molecule has 3 heterocycles. The minimum absolute atomic E-state index is 0.624. The number of nitrogens with one attached hydrogen (secondary N) is 1. The molecule has 1 aromatic rings. The average Bonchev–Trinajstić information content (AvgIpc) is 3.22. The second-order valence-corrected chi connectivity index (χ2v) is 7.32. The van der Waals surface area contributed by atoms with Gasteiger partial charge in [-0.05, 0) is 25.5 Å². The van der Waals surface area contributed by atoms with Gasteiger partial charge >= 0.3 is 0 Å². The Morgan fingerprint density at radius 2 is 2.07 bits per heavy atom. The van der Waals surface area contributed by atoms with E-state index in [2.05, 4.69) is 42.0 Å². The van der Waals surface area contributed by atoms with Crippen molar-refractivity contribution in [2.45, 2.75) is 12.8 Å². The maximum Gasteiger partial charge on any atom is 0.225 e. The van der Waals surface area contributed by atoms with Gasteiger partial charge in [0.15, 0.2) is 5.96 Å². The molecule has 0 radical (unpaired) electrons. The zero-order chi connectivity index (χ0) is 18.9. The van der Waals surface area contributed by atoms with Crippen molar-refractivity contribution in [3.8, 4) is 0 Å². The van der Waals surface area contributed by atoms with E-state index in [0.717, 1.165) is 83.8 Å². The minimum Gasteiger partial charge on any atom is -0.381 e. The fraction of sp³-hybridized carbons (Fsp3) is 0.737. The monoisotopic (exact) mass is 375 g/mol. The summed E-state index contributed by atoms with van der Waals surface area (Å²) in [7, 11) is 3.97. The third-order valence-electron chi connectivity index (χ3n) is 5.27. The molecule has 1 aromatic heterocycles. The van der Waals surface area contributed by atoms with Crippen LogP contribution < -0.4 is 10.2 Å². The van der Waals surface area contributed by atoms with Crippen molar-refractivity contribution < 1.29 is 4.74 Å². The molecule has 0 spiro atoms. The lowest BCUT2D eigenvalue weighted by Gasteiger charge is -2.34. The number of piperazine rings is 1. The Morgan fingerprint density at radius 1 is 1.30 bits per heavy atom. The number of rotatable bonds is 7. The number of guanidine groups is 1. The fourth-order valence-electron chi connectivity index (χ4n) is 3.71.